The van der Waals surface area contributed by atoms with Gasteiger partial charge in [-0.05, 0) is 61.7 Å². The Labute approximate surface area is 120 Å². The normalized spacial score (nSPS) is 32.5. The van der Waals surface area contributed by atoms with E-state index in [0.29, 0.717) is 10.8 Å². The molecule has 2 fully saturated rings. The molecule has 2 saturated carbocycles. The maximum atomic E-state index is 3.83. The first kappa shape index (κ1) is 15.4. The fourth-order valence-corrected chi connectivity index (χ4v) is 3.81. The molecule has 1 N–H and O–H groups in total. The van der Waals surface area contributed by atoms with Gasteiger partial charge in [0, 0.05) is 12.6 Å². The average Bonchev–Trinajstić information content (AvgIpc) is 3.18. The highest BCUT2D eigenvalue weighted by atomic mass is 15.0. The first-order valence-corrected chi connectivity index (χ1v) is 8.69. The van der Waals surface area contributed by atoms with E-state index in [4.69, 9.17) is 0 Å². The van der Waals surface area contributed by atoms with Gasteiger partial charge in [-0.25, -0.2) is 0 Å². The monoisotopic (exact) mass is 265 g/mol. The third kappa shape index (κ3) is 4.48. The van der Waals surface area contributed by atoms with Gasteiger partial charge in [0.1, 0.15) is 0 Å². The number of hydrogen-bond acceptors (Lipinski definition) is 1. The lowest BCUT2D eigenvalue weighted by Crippen LogP contribution is -2.40. The molecule has 1 heteroatoms. The van der Waals surface area contributed by atoms with Crippen molar-refractivity contribution in [2.45, 2.75) is 91.5 Å². The second-order valence-electron chi connectivity index (χ2n) is 8.40. The summed E-state index contributed by atoms with van der Waals surface area (Å²) in [5.74, 6) is 0.947. The maximum absolute atomic E-state index is 3.83. The Hall–Kier alpha value is -0.0400. The van der Waals surface area contributed by atoms with Crippen LogP contribution in [0.15, 0.2) is 0 Å². The summed E-state index contributed by atoms with van der Waals surface area (Å²) in [4.78, 5) is 0. The van der Waals surface area contributed by atoms with Gasteiger partial charge in [0.2, 0.25) is 0 Å². The fraction of sp³-hybridized carbons (Fsp3) is 1.00. The van der Waals surface area contributed by atoms with Crippen LogP contribution in [0.1, 0.15) is 85.5 Å². The van der Waals surface area contributed by atoms with Crippen LogP contribution in [0.5, 0.6) is 0 Å². The molecule has 0 aromatic carbocycles. The Balaban J connectivity index is 1.87. The van der Waals surface area contributed by atoms with Gasteiger partial charge >= 0.3 is 0 Å². The Morgan fingerprint density at radius 2 is 1.68 bits per heavy atom. The number of hydrogen-bond donors (Lipinski definition) is 1. The highest BCUT2D eigenvalue weighted by Gasteiger charge is 2.38. The molecule has 0 unspecified atom stereocenters. The molecule has 0 atom stereocenters. The molecular formula is C18H35N. The van der Waals surface area contributed by atoms with Crippen molar-refractivity contribution < 1.29 is 0 Å². The molecule has 0 amide bonds. The molecule has 2 aliphatic rings. The fourth-order valence-electron chi connectivity index (χ4n) is 3.81. The van der Waals surface area contributed by atoms with Gasteiger partial charge in [0.25, 0.3) is 0 Å². The Bertz CT molecular complexity index is 264. The van der Waals surface area contributed by atoms with Crippen LogP contribution < -0.4 is 5.32 Å². The predicted octanol–water partition coefficient (Wildman–Crippen LogP) is 5.15. The van der Waals surface area contributed by atoms with Crippen molar-refractivity contribution in [3.05, 3.63) is 0 Å². The van der Waals surface area contributed by atoms with Crippen molar-refractivity contribution in [3.63, 3.8) is 0 Å². The summed E-state index contributed by atoms with van der Waals surface area (Å²) in [5.41, 5.74) is 1.15. The van der Waals surface area contributed by atoms with E-state index in [1.165, 1.54) is 64.3 Å². The largest absolute Gasteiger partial charge is 0.313 e. The van der Waals surface area contributed by atoms with E-state index < -0.39 is 0 Å². The Kier molecular flexibility index (Phi) is 4.98. The second-order valence-corrected chi connectivity index (χ2v) is 8.40. The zero-order valence-electron chi connectivity index (χ0n) is 13.7. The first-order valence-electron chi connectivity index (χ1n) is 8.69. The summed E-state index contributed by atoms with van der Waals surface area (Å²) >= 11 is 0. The lowest BCUT2D eigenvalue weighted by atomic mass is 9.62. The first-order chi connectivity index (χ1) is 8.95. The minimum Gasteiger partial charge on any atom is -0.313 e. The molecule has 0 spiro atoms. The summed E-state index contributed by atoms with van der Waals surface area (Å²) in [5, 5.41) is 3.83. The molecule has 0 heterocycles. The molecule has 2 aliphatic carbocycles. The van der Waals surface area contributed by atoms with Gasteiger partial charge in [0.05, 0.1) is 0 Å². The molecule has 112 valence electrons. The molecule has 19 heavy (non-hydrogen) atoms. The van der Waals surface area contributed by atoms with Crippen LogP contribution in [0.2, 0.25) is 0 Å². The summed E-state index contributed by atoms with van der Waals surface area (Å²) < 4.78 is 0. The molecule has 2 rings (SSSR count). The number of unbranched alkanes of at least 4 members (excludes halogenated alkanes) is 1. The quantitative estimate of drug-likeness (QED) is 0.700. The van der Waals surface area contributed by atoms with Gasteiger partial charge in [-0.3, -0.25) is 0 Å². The van der Waals surface area contributed by atoms with Crippen molar-refractivity contribution in [1.29, 1.82) is 0 Å². The smallest absolute Gasteiger partial charge is 0.00684 e. The highest BCUT2D eigenvalue weighted by molar-refractivity contribution is 4.92. The molecule has 0 aromatic rings. The summed E-state index contributed by atoms with van der Waals surface area (Å²) in [6, 6.07) is 0.874. The van der Waals surface area contributed by atoms with Crippen LogP contribution in [0.4, 0.5) is 0 Å². The van der Waals surface area contributed by atoms with Crippen molar-refractivity contribution in [3.8, 4) is 0 Å². The Morgan fingerprint density at radius 3 is 2.16 bits per heavy atom. The van der Waals surface area contributed by atoms with Crippen molar-refractivity contribution in [2.24, 2.45) is 16.7 Å². The lowest BCUT2D eigenvalue weighted by molar-refractivity contribution is 0.0776. The van der Waals surface area contributed by atoms with Crippen LogP contribution in [-0.4, -0.2) is 12.6 Å². The van der Waals surface area contributed by atoms with E-state index in [1.54, 1.807) is 0 Å². The van der Waals surface area contributed by atoms with Gasteiger partial charge in [-0.2, -0.15) is 0 Å². The summed E-state index contributed by atoms with van der Waals surface area (Å²) in [6.07, 6.45) is 12.9. The van der Waals surface area contributed by atoms with E-state index in [1.807, 2.05) is 0 Å². The van der Waals surface area contributed by atoms with Crippen molar-refractivity contribution in [2.75, 3.05) is 6.54 Å². The van der Waals surface area contributed by atoms with E-state index in [0.717, 1.165) is 12.0 Å². The van der Waals surface area contributed by atoms with Crippen molar-refractivity contribution >= 4 is 0 Å². The van der Waals surface area contributed by atoms with Crippen LogP contribution in [0, 0.1) is 16.7 Å². The molecule has 0 saturated heterocycles. The van der Waals surface area contributed by atoms with Gasteiger partial charge < -0.3 is 5.32 Å². The number of rotatable bonds is 6. The summed E-state index contributed by atoms with van der Waals surface area (Å²) in [7, 11) is 0. The van der Waals surface area contributed by atoms with Crippen LogP contribution in [0.25, 0.3) is 0 Å². The lowest BCUT2D eigenvalue weighted by Gasteiger charge is -2.44. The molecule has 0 bridgehead atoms. The molecule has 1 nitrogen and oxygen atoms in total. The Morgan fingerprint density at radius 1 is 1.05 bits per heavy atom. The van der Waals surface area contributed by atoms with E-state index >= 15 is 0 Å². The third-order valence-corrected chi connectivity index (χ3v) is 5.67. The molecular weight excluding hydrogens is 230 g/mol. The van der Waals surface area contributed by atoms with E-state index in [9.17, 15) is 0 Å². The highest BCUT2D eigenvalue weighted by Crippen LogP contribution is 2.47. The van der Waals surface area contributed by atoms with Crippen LogP contribution >= 0.6 is 0 Å². The zero-order valence-corrected chi connectivity index (χ0v) is 13.7. The van der Waals surface area contributed by atoms with E-state index in [2.05, 4.69) is 33.0 Å². The van der Waals surface area contributed by atoms with Gasteiger partial charge in [-0.15, -0.1) is 0 Å². The topological polar surface area (TPSA) is 12.0 Å². The average molecular weight is 265 g/mol. The van der Waals surface area contributed by atoms with Crippen LogP contribution in [0.3, 0.4) is 0 Å². The predicted molar refractivity (Wildman–Crippen MR) is 84.4 cm³/mol. The van der Waals surface area contributed by atoms with Crippen LogP contribution in [-0.2, 0) is 0 Å². The minimum atomic E-state index is 0.515. The van der Waals surface area contributed by atoms with Gasteiger partial charge in [-0.1, -0.05) is 40.5 Å². The van der Waals surface area contributed by atoms with E-state index in [-0.39, 0.29) is 0 Å². The van der Waals surface area contributed by atoms with Crippen molar-refractivity contribution in [1.82, 2.24) is 5.32 Å². The maximum Gasteiger partial charge on any atom is 0.00684 e. The SMILES string of the molecule is CCCCC1(CNC2CC2)CCC(C(C)(C)C)CC1. The molecule has 0 radical (unpaired) electrons. The minimum absolute atomic E-state index is 0.515. The second kappa shape index (κ2) is 6.16. The molecule has 0 aliphatic heterocycles. The van der Waals surface area contributed by atoms with Gasteiger partial charge in [0.15, 0.2) is 0 Å². The zero-order chi connectivity index (χ0) is 13.9. The third-order valence-electron chi connectivity index (χ3n) is 5.67. The molecule has 0 aromatic heterocycles. The standard InChI is InChI=1S/C18H35N/c1-5-6-11-18(14-19-16-7-8-16)12-9-15(10-13-18)17(2,3)4/h15-16,19H,5-14H2,1-4H3. The number of nitrogens with one attached hydrogen (secondary N) is 1. The summed E-state index contributed by atoms with van der Waals surface area (Å²) in [6.45, 7) is 10.9.